The summed E-state index contributed by atoms with van der Waals surface area (Å²) in [5, 5.41) is 3.48. The van der Waals surface area contributed by atoms with Crippen LogP contribution in [-0.4, -0.2) is 47.4 Å². The molecule has 1 aliphatic heterocycles. The van der Waals surface area contributed by atoms with Crippen molar-refractivity contribution in [1.29, 1.82) is 0 Å². The summed E-state index contributed by atoms with van der Waals surface area (Å²) in [7, 11) is -3.71. The average Bonchev–Trinajstić information content (AvgIpc) is 3.65. The zero-order chi connectivity index (χ0) is 30.2. The Labute approximate surface area is 250 Å². The molecule has 2 bridgehead atoms. The first kappa shape index (κ1) is 29.3. The first-order chi connectivity index (χ1) is 19.7. The molecule has 5 atom stereocenters. The number of ether oxygens (including phenoxy) is 1. The van der Waals surface area contributed by atoms with E-state index in [-0.39, 0.29) is 57.2 Å². The maximum atomic E-state index is 15.9. The van der Waals surface area contributed by atoms with Crippen molar-refractivity contribution in [2.75, 3.05) is 5.75 Å². The number of carbonyl (C=O) groups is 2. The molecule has 0 radical (unpaired) electrons. The minimum Gasteiger partial charge on any atom is -0.451 e. The Hall–Kier alpha value is -2.76. The molecule has 2 aromatic rings. The Kier molecular flexibility index (Phi) is 7.09. The van der Waals surface area contributed by atoms with Crippen LogP contribution in [0.15, 0.2) is 30.5 Å². The second kappa shape index (κ2) is 10.2. The fraction of sp³-hybridized carbons (Fsp3) is 0.567. The first-order valence-electron chi connectivity index (χ1n) is 14.5. The number of nitrogens with one attached hydrogen (secondary N) is 1. The highest BCUT2D eigenvalue weighted by Gasteiger charge is 2.72. The van der Waals surface area contributed by atoms with E-state index in [9.17, 15) is 18.0 Å². The van der Waals surface area contributed by atoms with Crippen molar-refractivity contribution >= 4 is 33.4 Å². The van der Waals surface area contributed by atoms with Gasteiger partial charge in [0.25, 0.3) is 5.91 Å². The highest BCUT2D eigenvalue weighted by atomic mass is 35.5. The van der Waals surface area contributed by atoms with Crippen molar-refractivity contribution < 1.29 is 27.1 Å². The molecule has 42 heavy (non-hydrogen) atoms. The molecule has 2 heterocycles. The normalized spacial score (nSPS) is 28.4. The number of nitrogens with zero attached hydrogens (tertiary/aromatic N) is 2. The highest BCUT2D eigenvalue weighted by Crippen LogP contribution is 2.70. The van der Waals surface area contributed by atoms with Gasteiger partial charge in [0.1, 0.15) is 11.4 Å². The summed E-state index contributed by atoms with van der Waals surface area (Å²) >= 11 is 6.31. The van der Waals surface area contributed by atoms with Crippen LogP contribution in [0.5, 0.6) is 11.5 Å². The molecular formula is C30H36ClFN4O5S. The summed E-state index contributed by atoms with van der Waals surface area (Å²) < 4.78 is 49.5. The van der Waals surface area contributed by atoms with Gasteiger partial charge in [-0.15, -0.1) is 0 Å². The van der Waals surface area contributed by atoms with Gasteiger partial charge < -0.3 is 15.8 Å². The van der Waals surface area contributed by atoms with Gasteiger partial charge in [0.15, 0.2) is 11.6 Å². The number of hydrogen-bond acceptors (Lipinski definition) is 7. The van der Waals surface area contributed by atoms with Crippen LogP contribution in [0.2, 0.25) is 5.02 Å². The van der Waals surface area contributed by atoms with E-state index in [2.05, 4.69) is 24.1 Å². The number of pyridine rings is 1. The van der Waals surface area contributed by atoms with E-state index in [1.54, 1.807) is 12.1 Å². The molecule has 1 spiro atoms. The van der Waals surface area contributed by atoms with Gasteiger partial charge in [-0.05, 0) is 74.5 Å². The van der Waals surface area contributed by atoms with Gasteiger partial charge in [-0.2, -0.15) is 0 Å². The second-order valence-corrected chi connectivity index (χ2v) is 15.3. The van der Waals surface area contributed by atoms with Crippen LogP contribution in [0, 0.1) is 28.5 Å². The van der Waals surface area contributed by atoms with Crippen LogP contribution in [0.25, 0.3) is 0 Å². The van der Waals surface area contributed by atoms with Crippen LogP contribution in [0.3, 0.4) is 0 Å². The summed E-state index contributed by atoms with van der Waals surface area (Å²) in [4.78, 5) is 28.8. The van der Waals surface area contributed by atoms with Gasteiger partial charge >= 0.3 is 0 Å². The number of fused-ring (bicyclic) bond motifs is 1. The van der Waals surface area contributed by atoms with Crippen LogP contribution in [-0.2, 0) is 14.8 Å². The molecule has 12 heteroatoms. The van der Waals surface area contributed by atoms with Crippen molar-refractivity contribution in [3.05, 3.63) is 52.6 Å². The number of rotatable bonds is 9. The first-order valence-corrected chi connectivity index (χ1v) is 16.5. The number of primary amides is 1. The third-order valence-electron chi connectivity index (χ3n) is 10.3. The molecule has 6 rings (SSSR count). The Balaban J connectivity index is 1.19. The number of aromatic nitrogens is 1. The number of hydrogen-bond donors (Lipinski definition) is 2. The molecule has 1 aromatic heterocycles. The lowest BCUT2D eigenvalue weighted by Crippen LogP contribution is -2.46. The molecule has 3 aliphatic carbocycles. The maximum absolute atomic E-state index is 15.9. The molecule has 9 nitrogen and oxygen atoms in total. The van der Waals surface area contributed by atoms with E-state index in [0.29, 0.717) is 11.5 Å². The predicted molar refractivity (Wildman–Crippen MR) is 155 cm³/mol. The van der Waals surface area contributed by atoms with Gasteiger partial charge in [-0.3, -0.25) is 9.59 Å². The van der Waals surface area contributed by atoms with Crippen molar-refractivity contribution in [1.82, 2.24) is 14.6 Å². The minimum absolute atomic E-state index is 0.0173. The number of amides is 2. The summed E-state index contributed by atoms with van der Waals surface area (Å²) in [6, 6.07) is 4.87. The molecule has 4 aliphatic rings. The lowest BCUT2D eigenvalue weighted by molar-refractivity contribution is -0.129. The zero-order valence-corrected chi connectivity index (χ0v) is 25.5. The third kappa shape index (κ3) is 4.68. The SMILES string of the molecule is CC(CC(=O)N1C2CC3CC[C@]2(CS1(=O)=O)C3(C)C)N[C@@H](c1ccc(Cl)c(Oc2ccc(C(N)=O)nc2)c1F)C1CC1. The van der Waals surface area contributed by atoms with Crippen LogP contribution in [0.4, 0.5) is 4.39 Å². The smallest absolute Gasteiger partial charge is 0.267 e. The van der Waals surface area contributed by atoms with Crippen molar-refractivity contribution in [3.63, 3.8) is 0 Å². The summed E-state index contributed by atoms with van der Waals surface area (Å²) in [5.41, 5.74) is 5.13. The lowest BCUT2D eigenvalue weighted by Gasteiger charge is -2.37. The number of benzene rings is 1. The number of nitrogens with two attached hydrogens (primary N) is 1. The molecule has 226 valence electrons. The predicted octanol–water partition coefficient (Wildman–Crippen LogP) is 4.95. The third-order valence-corrected chi connectivity index (χ3v) is 12.6. The number of sulfonamides is 1. The van der Waals surface area contributed by atoms with Gasteiger partial charge in [0, 0.05) is 29.5 Å². The Morgan fingerprint density at radius 1 is 1.24 bits per heavy atom. The van der Waals surface area contributed by atoms with E-state index >= 15 is 4.39 Å². The lowest BCUT2D eigenvalue weighted by atomic mass is 9.69. The summed E-state index contributed by atoms with van der Waals surface area (Å²) in [6.07, 6.45) is 5.59. The van der Waals surface area contributed by atoms with Crippen LogP contribution in [0.1, 0.15) is 81.4 Å². The Bertz CT molecular complexity index is 1550. The van der Waals surface area contributed by atoms with Gasteiger partial charge in [0.2, 0.25) is 15.9 Å². The zero-order valence-electron chi connectivity index (χ0n) is 23.9. The Morgan fingerprint density at radius 3 is 2.60 bits per heavy atom. The van der Waals surface area contributed by atoms with E-state index < -0.39 is 39.7 Å². The van der Waals surface area contributed by atoms with E-state index in [4.69, 9.17) is 22.1 Å². The molecule has 3 saturated carbocycles. The van der Waals surface area contributed by atoms with Crippen molar-refractivity contribution in [2.45, 2.75) is 77.4 Å². The number of carbonyl (C=O) groups excluding carboxylic acids is 2. The van der Waals surface area contributed by atoms with Gasteiger partial charge in [0.05, 0.1) is 23.0 Å². The summed E-state index contributed by atoms with van der Waals surface area (Å²) in [6.45, 7) is 6.14. The molecule has 1 aromatic carbocycles. The molecular weight excluding hydrogens is 583 g/mol. The van der Waals surface area contributed by atoms with Crippen molar-refractivity contribution in [3.8, 4) is 11.5 Å². The van der Waals surface area contributed by atoms with Crippen LogP contribution < -0.4 is 15.8 Å². The largest absolute Gasteiger partial charge is 0.451 e. The van der Waals surface area contributed by atoms with Crippen LogP contribution >= 0.6 is 11.6 Å². The van der Waals surface area contributed by atoms with Gasteiger partial charge in [-0.25, -0.2) is 22.1 Å². The number of halogens is 2. The van der Waals surface area contributed by atoms with E-state index in [0.717, 1.165) is 32.1 Å². The molecule has 2 amide bonds. The van der Waals surface area contributed by atoms with E-state index in [1.165, 1.54) is 22.6 Å². The molecule has 1 saturated heterocycles. The minimum atomic E-state index is -3.71. The average molecular weight is 619 g/mol. The molecule has 4 fully saturated rings. The quantitative estimate of drug-likeness (QED) is 0.406. The summed E-state index contributed by atoms with van der Waals surface area (Å²) in [5.74, 6) is -1.13. The van der Waals surface area contributed by atoms with Gasteiger partial charge in [-0.1, -0.05) is 31.5 Å². The Morgan fingerprint density at radius 2 is 1.98 bits per heavy atom. The van der Waals surface area contributed by atoms with E-state index in [1.807, 2.05) is 6.92 Å². The monoisotopic (exact) mass is 618 g/mol. The maximum Gasteiger partial charge on any atom is 0.267 e. The molecule has 3 N–H and O–H groups in total. The fourth-order valence-electron chi connectivity index (χ4n) is 7.83. The fourth-order valence-corrected chi connectivity index (χ4v) is 10.6. The van der Waals surface area contributed by atoms with Crippen molar-refractivity contribution in [2.24, 2.45) is 28.4 Å². The highest BCUT2D eigenvalue weighted by molar-refractivity contribution is 7.90. The standard InChI is InChI=1S/C30H36ClFN4O5S/c1-16(12-24(37)36-23-13-18-10-11-30(23,29(18,2)3)15-42(36,39)40)35-26(17-4-5-17)20-7-8-21(31)27(25(20)32)41-19-6-9-22(28(33)38)34-14-19/h6-9,14,16-18,23,26,35H,4-5,10-13,15H2,1-3H3,(H2,33,38)/t16?,18?,23?,26-,30-/m1/s1. The topological polar surface area (TPSA) is 132 Å². The molecule has 3 unspecified atom stereocenters. The second-order valence-electron chi connectivity index (χ2n) is 13.0.